The molecule has 0 fully saturated rings. The number of nitrogens with zero attached hydrogens (tertiary/aromatic N) is 1. The Labute approximate surface area is 159 Å². The van der Waals surface area contributed by atoms with Crippen LogP contribution in [-0.2, 0) is 11.2 Å². The van der Waals surface area contributed by atoms with Crippen LogP contribution in [0.3, 0.4) is 0 Å². The number of amides is 1. The average Bonchev–Trinajstić information content (AvgIpc) is 2.95. The first-order valence-electron chi connectivity index (χ1n) is 7.78. The smallest absolute Gasteiger partial charge is 0.264 e. The molecule has 0 spiro atoms. The minimum absolute atomic E-state index is 0.0370. The van der Waals surface area contributed by atoms with Gasteiger partial charge in [0.1, 0.15) is 5.75 Å². The van der Waals surface area contributed by atoms with Gasteiger partial charge in [-0.25, -0.2) is 4.98 Å². The van der Waals surface area contributed by atoms with E-state index in [4.69, 9.17) is 4.74 Å². The molecule has 1 N–H and O–H groups in total. The minimum atomic E-state index is -0.215. The predicted molar refractivity (Wildman–Crippen MR) is 104 cm³/mol. The molecule has 1 amide bonds. The molecule has 0 aliphatic carbocycles. The Hall–Kier alpha value is -2.18. The van der Waals surface area contributed by atoms with Crippen molar-refractivity contribution >= 4 is 38.3 Å². The van der Waals surface area contributed by atoms with Crippen LogP contribution in [0.5, 0.6) is 5.75 Å². The van der Waals surface area contributed by atoms with Crippen molar-refractivity contribution in [1.29, 1.82) is 0 Å². The fourth-order valence-electron chi connectivity index (χ4n) is 2.25. The molecule has 4 nitrogen and oxygen atoms in total. The van der Waals surface area contributed by atoms with E-state index in [1.807, 2.05) is 49.4 Å². The topological polar surface area (TPSA) is 51.2 Å². The van der Waals surface area contributed by atoms with Crippen molar-refractivity contribution in [2.24, 2.45) is 0 Å². The van der Waals surface area contributed by atoms with Crippen LogP contribution in [0.15, 0.2) is 59.1 Å². The second-order valence-corrected chi connectivity index (χ2v) is 7.48. The molecular weight excluding hydrogens is 400 g/mol. The van der Waals surface area contributed by atoms with Gasteiger partial charge in [-0.05, 0) is 36.8 Å². The highest BCUT2D eigenvalue weighted by Gasteiger charge is 2.11. The third-order valence-corrected chi connectivity index (χ3v) is 5.13. The fourth-order valence-corrected chi connectivity index (χ4v) is 3.53. The van der Waals surface area contributed by atoms with E-state index in [0.717, 1.165) is 21.5 Å². The molecule has 6 heteroatoms. The molecule has 2 aromatic carbocycles. The number of aromatic nitrogens is 1. The average molecular weight is 417 g/mol. The number of thiazole rings is 1. The maximum Gasteiger partial charge on any atom is 0.264 e. The van der Waals surface area contributed by atoms with Gasteiger partial charge in [-0.3, -0.25) is 10.1 Å². The Morgan fingerprint density at radius 2 is 1.88 bits per heavy atom. The summed E-state index contributed by atoms with van der Waals surface area (Å²) >= 11 is 4.94. The maximum atomic E-state index is 12.0. The highest BCUT2D eigenvalue weighted by molar-refractivity contribution is 9.10. The molecule has 0 radical (unpaired) electrons. The zero-order valence-electron chi connectivity index (χ0n) is 13.7. The minimum Gasteiger partial charge on any atom is -0.484 e. The van der Waals surface area contributed by atoms with E-state index in [-0.39, 0.29) is 12.5 Å². The molecule has 1 aromatic heterocycles. The van der Waals surface area contributed by atoms with Crippen LogP contribution >= 0.6 is 27.3 Å². The standard InChI is InChI=1S/C19H17BrN2O2S/c1-13-17(11-14-7-9-15(20)10-8-14)25-19(21-13)22-18(23)12-24-16-5-3-2-4-6-16/h2-10H,11-12H2,1H3,(H,21,22,23). The summed E-state index contributed by atoms with van der Waals surface area (Å²) < 4.78 is 6.50. The van der Waals surface area contributed by atoms with E-state index in [2.05, 4.69) is 38.4 Å². The van der Waals surface area contributed by atoms with Gasteiger partial charge in [-0.15, -0.1) is 11.3 Å². The van der Waals surface area contributed by atoms with Crippen molar-refractivity contribution in [1.82, 2.24) is 4.98 Å². The third-order valence-electron chi connectivity index (χ3n) is 3.53. The van der Waals surface area contributed by atoms with Crippen LogP contribution in [0, 0.1) is 6.92 Å². The number of carbonyl (C=O) groups excluding carboxylic acids is 1. The number of benzene rings is 2. The largest absolute Gasteiger partial charge is 0.484 e. The molecule has 0 atom stereocenters. The number of nitrogens with one attached hydrogen (secondary N) is 1. The molecular formula is C19H17BrN2O2S. The van der Waals surface area contributed by atoms with Crippen LogP contribution in [0.25, 0.3) is 0 Å². The predicted octanol–water partition coefficient (Wildman–Crippen LogP) is 4.82. The number of aryl methyl sites for hydroxylation is 1. The number of hydrogen-bond acceptors (Lipinski definition) is 4. The number of anilines is 1. The van der Waals surface area contributed by atoms with Crippen molar-refractivity contribution in [2.45, 2.75) is 13.3 Å². The van der Waals surface area contributed by atoms with Crippen molar-refractivity contribution in [3.8, 4) is 5.75 Å². The van der Waals surface area contributed by atoms with Gasteiger partial charge in [0, 0.05) is 15.8 Å². The quantitative estimate of drug-likeness (QED) is 0.626. The molecule has 0 saturated heterocycles. The Kier molecular flexibility index (Phi) is 5.83. The SMILES string of the molecule is Cc1nc(NC(=O)COc2ccccc2)sc1Cc1ccc(Br)cc1. The summed E-state index contributed by atoms with van der Waals surface area (Å²) in [7, 11) is 0. The fraction of sp³-hybridized carbons (Fsp3) is 0.158. The molecule has 3 rings (SSSR count). The van der Waals surface area contributed by atoms with E-state index in [1.165, 1.54) is 16.9 Å². The van der Waals surface area contributed by atoms with Gasteiger partial charge in [0.25, 0.3) is 5.91 Å². The van der Waals surface area contributed by atoms with E-state index in [1.54, 1.807) is 0 Å². The lowest BCUT2D eigenvalue weighted by Crippen LogP contribution is -2.20. The first kappa shape index (κ1) is 17.6. The van der Waals surface area contributed by atoms with E-state index < -0.39 is 0 Å². The van der Waals surface area contributed by atoms with Crippen molar-refractivity contribution in [3.05, 3.63) is 75.2 Å². The maximum absolute atomic E-state index is 12.0. The van der Waals surface area contributed by atoms with Gasteiger partial charge in [0.2, 0.25) is 0 Å². The number of halogens is 1. The van der Waals surface area contributed by atoms with Crippen molar-refractivity contribution < 1.29 is 9.53 Å². The van der Waals surface area contributed by atoms with Crippen LogP contribution in [-0.4, -0.2) is 17.5 Å². The summed E-state index contributed by atoms with van der Waals surface area (Å²) in [4.78, 5) is 17.6. The Bertz CT molecular complexity index is 848. The number of hydrogen-bond donors (Lipinski definition) is 1. The molecule has 0 bridgehead atoms. The normalized spacial score (nSPS) is 10.5. The zero-order chi connectivity index (χ0) is 17.6. The van der Waals surface area contributed by atoms with E-state index in [9.17, 15) is 4.79 Å². The molecule has 25 heavy (non-hydrogen) atoms. The lowest BCUT2D eigenvalue weighted by atomic mass is 10.1. The second kappa shape index (κ2) is 8.27. The lowest BCUT2D eigenvalue weighted by Gasteiger charge is -2.05. The highest BCUT2D eigenvalue weighted by atomic mass is 79.9. The summed E-state index contributed by atoms with van der Waals surface area (Å²) in [5, 5.41) is 3.41. The van der Waals surface area contributed by atoms with Gasteiger partial charge in [-0.1, -0.05) is 46.3 Å². The van der Waals surface area contributed by atoms with Gasteiger partial charge in [-0.2, -0.15) is 0 Å². The monoisotopic (exact) mass is 416 g/mol. The zero-order valence-corrected chi connectivity index (χ0v) is 16.1. The highest BCUT2D eigenvalue weighted by Crippen LogP contribution is 2.25. The lowest BCUT2D eigenvalue weighted by molar-refractivity contribution is -0.118. The molecule has 3 aromatic rings. The number of rotatable bonds is 6. The summed E-state index contributed by atoms with van der Waals surface area (Å²) in [6.45, 7) is 1.92. The second-order valence-electron chi connectivity index (χ2n) is 5.48. The molecule has 1 heterocycles. The van der Waals surface area contributed by atoms with E-state index in [0.29, 0.717) is 10.9 Å². The van der Waals surface area contributed by atoms with Crippen LogP contribution in [0.1, 0.15) is 16.1 Å². The molecule has 0 unspecified atom stereocenters. The van der Waals surface area contributed by atoms with Crippen LogP contribution < -0.4 is 10.1 Å². The number of para-hydroxylation sites is 1. The molecule has 0 aliphatic rings. The molecule has 0 saturated carbocycles. The summed E-state index contributed by atoms with van der Waals surface area (Å²) in [6, 6.07) is 17.5. The van der Waals surface area contributed by atoms with Crippen molar-refractivity contribution in [2.75, 3.05) is 11.9 Å². The molecule has 128 valence electrons. The van der Waals surface area contributed by atoms with Crippen LogP contribution in [0.2, 0.25) is 0 Å². The first-order valence-corrected chi connectivity index (χ1v) is 9.39. The molecule has 0 aliphatic heterocycles. The summed E-state index contributed by atoms with van der Waals surface area (Å²) in [6.07, 6.45) is 0.799. The first-order chi connectivity index (χ1) is 12.1. The third kappa shape index (κ3) is 5.14. The Balaban J connectivity index is 1.58. The Morgan fingerprint density at radius 3 is 2.60 bits per heavy atom. The van der Waals surface area contributed by atoms with Gasteiger partial charge < -0.3 is 4.74 Å². The number of ether oxygens (including phenoxy) is 1. The van der Waals surface area contributed by atoms with E-state index >= 15 is 0 Å². The van der Waals surface area contributed by atoms with Crippen LogP contribution in [0.4, 0.5) is 5.13 Å². The van der Waals surface area contributed by atoms with Gasteiger partial charge >= 0.3 is 0 Å². The van der Waals surface area contributed by atoms with Crippen molar-refractivity contribution in [3.63, 3.8) is 0 Å². The summed E-state index contributed by atoms with van der Waals surface area (Å²) in [5.74, 6) is 0.455. The summed E-state index contributed by atoms with van der Waals surface area (Å²) in [5.41, 5.74) is 2.15. The number of carbonyl (C=O) groups is 1. The Morgan fingerprint density at radius 1 is 1.16 bits per heavy atom. The van der Waals surface area contributed by atoms with Gasteiger partial charge in [0.05, 0.1) is 5.69 Å². The van der Waals surface area contributed by atoms with Gasteiger partial charge in [0.15, 0.2) is 11.7 Å².